The van der Waals surface area contributed by atoms with E-state index in [-0.39, 0.29) is 0 Å². The van der Waals surface area contributed by atoms with Crippen LogP contribution in [0.5, 0.6) is 0 Å². The van der Waals surface area contributed by atoms with Crippen molar-refractivity contribution < 1.29 is 0 Å². The van der Waals surface area contributed by atoms with Gasteiger partial charge < -0.3 is 10.2 Å². The smallest absolute Gasteiger partial charge is 0.0407 e. The summed E-state index contributed by atoms with van der Waals surface area (Å²) in [6.07, 6.45) is 4.13. The van der Waals surface area contributed by atoms with Crippen LogP contribution in [0.1, 0.15) is 19.3 Å². The van der Waals surface area contributed by atoms with Crippen LogP contribution in [-0.4, -0.2) is 50.7 Å². The Morgan fingerprint density at radius 3 is 2.48 bits per heavy atom. The summed E-state index contributed by atoms with van der Waals surface area (Å²) in [5.74, 6) is 0.845. The molecule has 1 heterocycles. The number of rotatable bonds is 4. The first-order valence-electron chi connectivity index (χ1n) is 8.16. The van der Waals surface area contributed by atoms with E-state index in [1.54, 1.807) is 0 Å². The van der Waals surface area contributed by atoms with E-state index in [1.807, 2.05) is 12.1 Å². The second kappa shape index (κ2) is 6.99. The Morgan fingerprint density at radius 1 is 1.10 bits per heavy atom. The van der Waals surface area contributed by atoms with Crippen LogP contribution in [0.2, 0.25) is 5.02 Å². The molecule has 1 aliphatic heterocycles. The van der Waals surface area contributed by atoms with Crippen LogP contribution < -0.4 is 10.2 Å². The van der Waals surface area contributed by atoms with Crippen LogP contribution in [-0.2, 0) is 0 Å². The minimum atomic E-state index is 0.735. The van der Waals surface area contributed by atoms with E-state index in [1.165, 1.54) is 44.6 Å². The number of nitrogens with zero attached hydrogens (tertiary/aromatic N) is 2. The van der Waals surface area contributed by atoms with Crippen molar-refractivity contribution in [2.24, 2.45) is 5.92 Å². The molecule has 2 fully saturated rings. The Labute approximate surface area is 133 Å². The molecule has 3 nitrogen and oxygen atoms in total. The predicted octanol–water partition coefficient (Wildman–Crippen LogP) is 2.85. The second-order valence-corrected chi connectivity index (χ2v) is 6.79. The average Bonchev–Trinajstić information content (AvgIpc) is 2.96. The Morgan fingerprint density at radius 2 is 1.81 bits per heavy atom. The molecule has 0 amide bonds. The van der Waals surface area contributed by atoms with Crippen molar-refractivity contribution in [3.05, 3.63) is 29.3 Å². The van der Waals surface area contributed by atoms with Crippen molar-refractivity contribution in [1.82, 2.24) is 10.2 Å². The Balaban J connectivity index is 1.50. The second-order valence-electron chi connectivity index (χ2n) is 6.35. The van der Waals surface area contributed by atoms with E-state index < -0.39 is 0 Å². The fourth-order valence-corrected chi connectivity index (χ4v) is 3.93. The third kappa shape index (κ3) is 3.71. The summed E-state index contributed by atoms with van der Waals surface area (Å²) in [6.45, 7) is 5.86. The normalized spacial score (nSPS) is 27.2. The maximum Gasteiger partial charge on any atom is 0.0407 e. The highest BCUT2D eigenvalue weighted by atomic mass is 35.5. The molecule has 1 aliphatic carbocycles. The molecule has 3 rings (SSSR count). The van der Waals surface area contributed by atoms with Gasteiger partial charge in [0.25, 0.3) is 0 Å². The van der Waals surface area contributed by atoms with Crippen LogP contribution in [0, 0.1) is 5.92 Å². The monoisotopic (exact) mass is 307 g/mol. The van der Waals surface area contributed by atoms with Crippen LogP contribution in [0.15, 0.2) is 24.3 Å². The quantitative estimate of drug-likeness (QED) is 0.923. The highest BCUT2D eigenvalue weighted by Gasteiger charge is 2.28. The summed E-state index contributed by atoms with van der Waals surface area (Å²) in [5, 5.41) is 4.31. The van der Waals surface area contributed by atoms with Crippen molar-refractivity contribution in [2.75, 3.05) is 44.7 Å². The van der Waals surface area contributed by atoms with E-state index in [0.29, 0.717) is 0 Å². The third-order valence-electron chi connectivity index (χ3n) is 5.09. The lowest BCUT2D eigenvalue weighted by Gasteiger charge is -2.38. The number of hydrogen-bond acceptors (Lipinski definition) is 3. The van der Waals surface area contributed by atoms with Gasteiger partial charge in [0.05, 0.1) is 0 Å². The molecule has 0 spiro atoms. The maximum absolute atomic E-state index is 5.96. The van der Waals surface area contributed by atoms with E-state index in [9.17, 15) is 0 Å². The van der Waals surface area contributed by atoms with Gasteiger partial charge in [0.15, 0.2) is 0 Å². The van der Waals surface area contributed by atoms with Gasteiger partial charge in [-0.1, -0.05) is 18.0 Å². The van der Waals surface area contributed by atoms with E-state index in [2.05, 4.69) is 34.3 Å². The van der Waals surface area contributed by atoms with Crippen LogP contribution in [0.4, 0.5) is 5.69 Å². The van der Waals surface area contributed by atoms with Gasteiger partial charge in [-0.2, -0.15) is 0 Å². The van der Waals surface area contributed by atoms with Gasteiger partial charge in [-0.05, 0) is 50.1 Å². The van der Waals surface area contributed by atoms with E-state index >= 15 is 0 Å². The summed E-state index contributed by atoms with van der Waals surface area (Å²) < 4.78 is 0. The van der Waals surface area contributed by atoms with Crippen molar-refractivity contribution in [2.45, 2.75) is 25.3 Å². The van der Waals surface area contributed by atoms with Crippen LogP contribution in [0.3, 0.4) is 0 Å². The highest BCUT2D eigenvalue weighted by molar-refractivity contribution is 6.30. The van der Waals surface area contributed by atoms with Crippen LogP contribution >= 0.6 is 11.6 Å². The van der Waals surface area contributed by atoms with Gasteiger partial charge >= 0.3 is 0 Å². The fourth-order valence-electron chi connectivity index (χ4n) is 3.81. The lowest BCUT2D eigenvalue weighted by Crippen LogP contribution is -2.49. The van der Waals surface area contributed by atoms with Crippen molar-refractivity contribution >= 4 is 17.3 Å². The molecule has 21 heavy (non-hydrogen) atoms. The molecule has 2 aliphatic rings. The highest BCUT2D eigenvalue weighted by Crippen LogP contribution is 2.27. The van der Waals surface area contributed by atoms with E-state index in [0.717, 1.165) is 30.1 Å². The first kappa shape index (κ1) is 15.1. The lowest BCUT2D eigenvalue weighted by molar-refractivity contribution is 0.206. The van der Waals surface area contributed by atoms with Crippen molar-refractivity contribution in [1.29, 1.82) is 0 Å². The number of halogens is 1. The molecule has 1 saturated heterocycles. The number of hydrogen-bond donors (Lipinski definition) is 1. The molecule has 2 atom stereocenters. The molecule has 2 unspecified atom stereocenters. The zero-order chi connectivity index (χ0) is 14.7. The molecule has 1 saturated carbocycles. The maximum atomic E-state index is 5.96. The molecule has 4 heteroatoms. The zero-order valence-corrected chi connectivity index (χ0v) is 13.6. The van der Waals surface area contributed by atoms with Gasteiger partial charge in [-0.3, -0.25) is 4.90 Å². The first-order chi connectivity index (χ1) is 10.3. The van der Waals surface area contributed by atoms with Gasteiger partial charge in [-0.25, -0.2) is 0 Å². The largest absolute Gasteiger partial charge is 0.369 e. The molecule has 1 aromatic rings. The zero-order valence-electron chi connectivity index (χ0n) is 12.9. The standard InChI is InChI=1S/C17H26ClN3/c1-19-17-4-2-3-14(17)13-20-9-11-21(12-10-20)16-7-5-15(18)6-8-16/h5-8,14,17,19H,2-4,9-13H2,1H3. The lowest BCUT2D eigenvalue weighted by atomic mass is 10.0. The molecular weight excluding hydrogens is 282 g/mol. The van der Waals surface area contributed by atoms with Crippen molar-refractivity contribution in [3.8, 4) is 0 Å². The topological polar surface area (TPSA) is 18.5 Å². The van der Waals surface area contributed by atoms with Gasteiger partial charge in [-0.15, -0.1) is 0 Å². The number of nitrogens with one attached hydrogen (secondary N) is 1. The summed E-state index contributed by atoms with van der Waals surface area (Å²) in [6, 6.07) is 8.97. The number of anilines is 1. The summed E-state index contributed by atoms with van der Waals surface area (Å²) in [4.78, 5) is 5.11. The molecule has 116 valence electrons. The summed E-state index contributed by atoms with van der Waals surface area (Å²) >= 11 is 5.96. The minimum absolute atomic E-state index is 0.735. The van der Waals surface area contributed by atoms with E-state index in [4.69, 9.17) is 11.6 Å². The van der Waals surface area contributed by atoms with Gasteiger partial charge in [0, 0.05) is 49.5 Å². The Kier molecular flexibility index (Phi) is 5.04. The fraction of sp³-hybridized carbons (Fsp3) is 0.647. The molecule has 0 radical (unpaired) electrons. The average molecular weight is 308 g/mol. The molecule has 0 bridgehead atoms. The SMILES string of the molecule is CNC1CCCC1CN1CCN(c2ccc(Cl)cc2)CC1. The molecule has 1 aromatic carbocycles. The Hall–Kier alpha value is -0.770. The first-order valence-corrected chi connectivity index (χ1v) is 8.54. The summed E-state index contributed by atoms with van der Waals surface area (Å²) in [5.41, 5.74) is 1.30. The molecular formula is C17H26ClN3. The predicted molar refractivity (Wildman–Crippen MR) is 90.3 cm³/mol. The van der Waals surface area contributed by atoms with Crippen molar-refractivity contribution in [3.63, 3.8) is 0 Å². The molecule has 1 N–H and O–H groups in total. The molecule has 0 aromatic heterocycles. The van der Waals surface area contributed by atoms with Gasteiger partial charge in [0.2, 0.25) is 0 Å². The number of benzene rings is 1. The summed E-state index contributed by atoms with van der Waals surface area (Å²) in [7, 11) is 2.11. The Bertz CT molecular complexity index is 440. The minimum Gasteiger partial charge on any atom is -0.369 e. The third-order valence-corrected chi connectivity index (χ3v) is 5.34. The van der Waals surface area contributed by atoms with Gasteiger partial charge in [0.1, 0.15) is 0 Å². The number of piperazine rings is 1. The van der Waals surface area contributed by atoms with Crippen LogP contribution in [0.25, 0.3) is 0 Å².